The molecule has 0 spiro atoms. The van der Waals surface area contributed by atoms with Gasteiger partial charge in [-0.25, -0.2) is 17.6 Å². The molecule has 49 heavy (non-hydrogen) atoms. The average molecular weight is 729 g/mol. The molecule has 3 aromatic rings. The number of rotatable bonds is 11. The first-order valence-electron chi connectivity index (χ1n) is 14.5. The molecule has 0 unspecified atom stereocenters. The monoisotopic (exact) mass is 728 g/mol. The first-order valence-corrected chi connectivity index (χ1v) is 18.6. The van der Waals surface area contributed by atoms with Crippen molar-refractivity contribution in [3.8, 4) is 17.2 Å². The lowest BCUT2D eigenvalue weighted by molar-refractivity contribution is -0.137. The second-order valence-electron chi connectivity index (χ2n) is 12.3. The molecule has 0 aromatic heterocycles. The van der Waals surface area contributed by atoms with Gasteiger partial charge in [-0.05, 0) is 48.0 Å². The summed E-state index contributed by atoms with van der Waals surface area (Å²) in [6.45, 7) is 3.86. The molecule has 0 bridgehead atoms. The Hall–Kier alpha value is -4.46. The van der Waals surface area contributed by atoms with E-state index in [1.165, 1.54) is 0 Å². The fourth-order valence-electron chi connectivity index (χ4n) is 5.29. The maximum absolute atomic E-state index is 14.6. The average Bonchev–Trinajstić information content (AvgIpc) is 2.98. The summed E-state index contributed by atoms with van der Waals surface area (Å²) in [4.78, 5) is 41.9. The Morgan fingerprint density at radius 3 is 2.31 bits per heavy atom. The molecule has 260 valence electrons. The smallest absolute Gasteiger partial charge is 0.366 e. The van der Waals surface area contributed by atoms with Crippen LogP contribution in [0.3, 0.4) is 0 Å². The number of benzene rings is 3. The van der Waals surface area contributed by atoms with Crippen molar-refractivity contribution in [2.45, 2.75) is 38.3 Å². The van der Waals surface area contributed by atoms with Crippen molar-refractivity contribution in [1.82, 2.24) is 0 Å². The number of halogens is 8. The maximum atomic E-state index is 14.6. The number of fused-ring (bicyclic) bond motifs is 1. The van der Waals surface area contributed by atoms with Gasteiger partial charge >= 0.3 is 6.18 Å². The van der Waals surface area contributed by atoms with Gasteiger partial charge in [-0.2, -0.15) is 18.4 Å². The van der Waals surface area contributed by atoms with E-state index in [1.54, 1.807) is 6.07 Å². The van der Waals surface area contributed by atoms with Crippen molar-refractivity contribution < 1.29 is 49.9 Å². The van der Waals surface area contributed by atoms with E-state index in [9.17, 15) is 50.4 Å². The van der Waals surface area contributed by atoms with Crippen molar-refractivity contribution in [3.63, 3.8) is 0 Å². The molecular weight excluding hydrogens is 701 g/mol. The fourth-order valence-corrected chi connectivity index (χ4v) is 6.25. The van der Waals surface area contributed by atoms with E-state index < -0.39 is 125 Å². The van der Waals surface area contributed by atoms with Crippen LogP contribution in [0.15, 0.2) is 36.4 Å². The summed E-state index contributed by atoms with van der Waals surface area (Å²) in [5, 5.41) is 10.1. The highest BCUT2D eigenvalue weighted by molar-refractivity contribution is 6.76. The zero-order chi connectivity index (χ0) is 36.6. The number of hydrogen-bond donors (Lipinski definition) is 1. The molecule has 0 atom stereocenters. The number of ketones is 1. The predicted octanol–water partition coefficient (Wildman–Crippen LogP) is 7.24. The molecular formula is C32H28ClF7N4O4Si. The molecule has 1 aliphatic heterocycles. The number of amides is 2. The highest BCUT2D eigenvalue weighted by Gasteiger charge is 2.41. The summed E-state index contributed by atoms with van der Waals surface area (Å²) in [6.07, 6.45) is -8.50. The Morgan fingerprint density at radius 1 is 1.08 bits per heavy atom. The van der Waals surface area contributed by atoms with Gasteiger partial charge < -0.3 is 15.4 Å². The number of hydrogen-bond acceptors (Lipinski definition) is 6. The van der Waals surface area contributed by atoms with E-state index in [0.717, 1.165) is 28.0 Å². The standard InChI is InChI=1S/C32H28ClF7N4O4Si/c1-49(2,3)7-6-48-15-44-26(45)14-43(13-25(36)37)24-11-19(27-20(31(42)47)9-17(35)10-22(27)32(38,39)40)28(21(12-41)29(24)44)30(46)18-8-16(34)4-5-23(18)33/h4-5,8-11,25H,6-7,13-15H2,1-3H3,(H2,42,47). The summed E-state index contributed by atoms with van der Waals surface area (Å²) >= 11 is 6.19. The van der Waals surface area contributed by atoms with Crippen LogP contribution < -0.4 is 15.5 Å². The second kappa shape index (κ2) is 14.2. The molecule has 0 fully saturated rings. The third-order valence-electron chi connectivity index (χ3n) is 7.55. The zero-order valence-corrected chi connectivity index (χ0v) is 27.9. The van der Waals surface area contributed by atoms with Gasteiger partial charge in [0.1, 0.15) is 24.4 Å². The number of nitriles is 1. The van der Waals surface area contributed by atoms with Gasteiger partial charge in [-0.15, -0.1) is 0 Å². The minimum atomic E-state index is -5.41. The molecule has 4 rings (SSSR count). The van der Waals surface area contributed by atoms with Gasteiger partial charge in [0.2, 0.25) is 11.8 Å². The third kappa shape index (κ3) is 8.06. The molecule has 2 amide bonds. The second-order valence-corrected chi connectivity index (χ2v) is 18.3. The van der Waals surface area contributed by atoms with Crippen LogP contribution in [0.1, 0.15) is 37.4 Å². The summed E-state index contributed by atoms with van der Waals surface area (Å²) in [6, 6.07) is 6.01. The van der Waals surface area contributed by atoms with Crippen LogP contribution in [-0.4, -0.2) is 58.5 Å². The summed E-state index contributed by atoms with van der Waals surface area (Å²) < 4.78 is 106. The van der Waals surface area contributed by atoms with Crippen LogP contribution in [0.4, 0.5) is 42.1 Å². The first kappa shape index (κ1) is 37.4. The molecule has 3 aromatic carbocycles. The molecule has 0 aliphatic carbocycles. The van der Waals surface area contributed by atoms with Crippen LogP contribution in [0.25, 0.3) is 11.1 Å². The number of carbonyl (C=O) groups excluding carboxylic acids is 3. The van der Waals surface area contributed by atoms with Crippen molar-refractivity contribution in [2.75, 3.05) is 36.2 Å². The Morgan fingerprint density at radius 2 is 1.73 bits per heavy atom. The molecule has 0 saturated carbocycles. The Labute approximate surface area is 281 Å². The molecule has 0 saturated heterocycles. The molecule has 17 heteroatoms. The number of nitrogens with two attached hydrogens (primary N) is 1. The molecule has 0 radical (unpaired) electrons. The summed E-state index contributed by atoms with van der Waals surface area (Å²) in [5.74, 6) is -6.31. The first-order chi connectivity index (χ1) is 22.7. The van der Waals surface area contributed by atoms with Crippen LogP contribution in [-0.2, 0) is 15.7 Å². The summed E-state index contributed by atoms with van der Waals surface area (Å²) in [7, 11) is -1.65. The van der Waals surface area contributed by atoms with Gasteiger partial charge in [0.05, 0.1) is 51.7 Å². The lowest BCUT2D eigenvalue weighted by atomic mass is 9.83. The van der Waals surface area contributed by atoms with Crippen molar-refractivity contribution in [1.29, 1.82) is 5.26 Å². The largest absolute Gasteiger partial charge is 0.417 e. The topological polar surface area (TPSA) is 117 Å². The van der Waals surface area contributed by atoms with Crippen LogP contribution >= 0.6 is 11.6 Å². The van der Waals surface area contributed by atoms with Crippen molar-refractivity contribution in [3.05, 3.63) is 80.9 Å². The van der Waals surface area contributed by atoms with E-state index in [-0.39, 0.29) is 12.7 Å². The van der Waals surface area contributed by atoms with Crippen LogP contribution in [0.5, 0.6) is 0 Å². The van der Waals surface area contributed by atoms with E-state index in [4.69, 9.17) is 22.1 Å². The van der Waals surface area contributed by atoms with Gasteiger partial charge in [0.25, 0.3) is 6.43 Å². The fraction of sp³-hybridized carbons (Fsp3) is 0.312. The molecule has 1 heterocycles. The number of alkyl halides is 5. The Balaban J connectivity index is 2.19. The minimum Gasteiger partial charge on any atom is -0.366 e. The van der Waals surface area contributed by atoms with Gasteiger partial charge in [-0.1, -0.05) is 31.2 Å². The molecule has 8 nitrogen and oxygen atoms in total. The zero-order valence-electron chi connectivity index (χ0n) is 26.2. The van der Waals surface area contributed by atoms with Crippen molar-refractivity contribution in [2.24, 2.45) is 5.73 Å². The molecule has 1 aliphatic rings. The normalized spacial score (nSPS) is 13.5. The number of anilines is 2. The Bertz CT molecular complexity index is 1880. The molecule has 2 N–H and O–H groups in total. The lowest BCUT2D eigenvalue weighted by Gasteiger charge is -2.38. The number of primary amides is 1. The highest BCUT2D eigenvalue weighted by Crippen LogP contribution is 2.48. The quantitative estimate of drug-likeness (QED) is 0.0964. The number of carbonyl (C=O) groups is 3. The number of nitrogens with zero attached hydrogens (tertiary/aromatic N) is 3. The van der Waals surface area contributed by atoms with Gasteiger partial charge in [0, 0.05) is 25.8 Å². The van der Waals surface area contributed by atoms with E-state index in [0.29, 0.717) is 18.2 Å². The van der Waals surface area contributed by atoms with E-state index >= 15 is 0 Å². The highest BCUT2D eigenvalue weighted by atomic mass is 35.5. The summed E-state index contributed by atoms with van der Waals surface area (Å²) in [5.41, 5.74) is -2.77. The third-order valence-corrected chi connectivity index (χ3v) is 9.58. The minimum absolute atomic E-state index is 0.0236. The number of ether oxygens (including phenoxy) is 1. The van der Waals surface area contributed by atoms with E-state index in [2.05, 4.69) is 19.6 Å². The lowest BCUT2D eigenvalue weighted by Crippen LogP contribution is -2.48. The Kier molecular flexibility index (Phi) is 10.8. The maximum Gasteiger partial charge on any atom is 0.417 e. The SMILES string of the molecule is C[Si](C)(C)CCOCN1C(=O)CN(CC(F)F)c2cc(-c3c(C(N)=O)cc(F)cc3C(F)(F)F)c(C(=O)c3cc(F)ccc3Cl)c(C#N)c21. The van der Waals surface area contributed by atoms with Crippen molar-refractivity contribution >= 4 is 48.6 Å². The van der Waals surface area contributed by atoms with Crippen LogP contribution in [0, 0.1) is 23.0 Å². The van der Waals surface area contributed by atoms with Gasteiger partial charge in [0.15, 0.2) is 5.78 Å². The van der Waals surface area contributed by atoms with Gasteiger partial charge in [-0.3, -0.25) is 19.3 Å². The van der Waals surface area contributed by atoms with Crippen LogP contribution in [0.2, 0.25) is 30.7 Å². The van der Waals surface area contributed by atoms with E-state index in [1.807, 2.05) is 0 Å². The predicted molar refractivity (Wildman–Crippen MR) is 170 cm³/mol.